The van der Waals surface area contributed by atoms with Crippen molar-refractivity contribution in [2.24, 2.45) is 0 Å². The van der Waals surface area contributed by atoms with E-state index >= 15 is 0 Å². The van der Waals surface area contributed by atoms with Crippen LogP contribution in [0.4, 0.5) is 0 Å². The van der Waals surface area contributed by atoms with Crippen LogP contribution in [0, 0.1) is 6.92 Å². The van der Waals surface area contributed by atoms with Gasteiger partial charge in [0.1, 0.15) is 0 Å². The number of nitrogens with zero attached hydrogens (tertiary/aromatic N) is 5. The Morgan fingerprint density at radius 3 is 2.77 bits per heavy atom. The Bertz CT molecular complexity index is 955. The van der Waals surface area contributed by atoms with E-state index in [-0.39, 0.29) is 5.91 Å². The van der Waals surface area contributed by atoms with E-state index in [2.05, 4.69) is 51.2 Å². The highest BCUT2D eigenvalue weighted by molar-refractivity contribution is 5.76. The molecule has 0 unspecified atom stereocenters. The minimum atomic E-state index is 0.147. The van der Waals surface area contributed by atoms with Gasteiger partial charge in [-0.2, -0.15) is 4.98 Å². The molecule has 7 heteroatoms. The normalized spacial score (nSPS) is 15.2. The number of aryl methyl sites for hydroxylation is 2. The molecule has 1 saturated heterocycles. The summed E-state index contributed by atoms with van der Waals surface area (Å²) >= 11 is 0. The first-order valence-corrected chi connectivity index (χ1v) is 10.5. The quantitative estimate of drug-likeness (QED) is 0.627. The molecule has 0 bridgehead atoms. The fourth-order valence-electron chi connectivity index (χ4n) is 3.67. The van der Waals surface area contributed by atoms with Gasteiger partial charge in [-0.3, -0.25) is 14.7 Å². The highest BCUT2D eigenvalue weighted by atomic mass is 16.5. The van der Waals surface area contributed by atoms with Crippen molar-refractivity contribution in [3.8, 4) is 11.4 Å². The number of amides is 1. The second-order valence-electron chi connectivity index (χ2n) is 7.75. The highest BCUT2D eigenvalue weighted by Gasteiger charge is 2.20. The van der Waals surface area contributed by atoms with Gasteiger partial charge in [-0.25, -0.2) is 0 Å². The largest absolute Gasteiger partial charge is 0.341 e. The van der Waals surface area contributed by atoms with E-state index in [1.54, 1.807) is 12.4 Å². The van der Waals surface area contributed by atoms with Crippen molar-refractivity contribution in [2.45, 2.75) is 32.7 Å². The number of aromatic nitrogens is 3. The molecule has 0 aliphatic carbocycles. The van der Waals surface area contributed by atoms with Crippen molar-refractivity contribution in [3.63, 3.8) is 0 Å². The molecule has 30 heavy (non-hydrogen) atoms. The van der Waals surface area contributed by atoms with Gasteiger partial charge in [0, 0.05) is 63.5 Å². The number of hydrogen-bond acceptors (Lipinski definition) is 6. The van der Waals surface area contributed by atoms with Crippen LogP contribution in [0.3, 0.4) is 0 Å². The van der Waals surface area contributed by atoms with Crippen LogP contribution in [0.15, 0.2) is 53.3 Å². The number of carbonyl (C=O) groups is 1. The van der Waals surface area contributed by atoms with Crippen molar-refractivity contribution in [2.75, 3.05) is 26.2 Å². The summed E-state index contributed by atoms with van der Waals surface area (Å²) in [5, 5.41) is 3.99. The van der Waals surface area contributed by atoms with E-state index in [9.17, 15) is 4.79 Å². The molecule has 2 aromatic heterocycles. The van der Waals surface area contributed by atoms with Gasteiger partial charge in [0.05, 0.1) is 0 Å². The van der Waals surface area contributed by atoms with E-state index < -0.39 is 0 Å². The number of carbonyl (C=O) groups excluding carboxylic acids is 1. The summed E-state index contributed by atoms with van der Waals surface area (Å²) in [6, 6.07) is 12.4. The predicted octanol–water partition coefficient (Wildman–Crippen LogP) is 3.11. The zero-order valence-electron chi connectivity index (χ0n) is 17.3. The van der Waals surface area contributed by atoms with Crippen molar-refractivity contribution >= 4 is 5.91 Å². The van der Waals surface area contributed by atoms with Gasteiger partial charge in [0.25, 0.3) is 0 Å². The Balaban J connectivity index is 1.26. The van der Waals surface area contributed by atoms with Gasteiger partial charge in [-0.1, -0.05) is 35.0 Å². The van der Waals surface area contributed by atoms with Crippen LogP contribution in [0.5, 0.6) is 0 Å². The molecule has 1 amide bonds. The fraction of sp³-hybridized carbons (Fsp3) is 0.391. The number of hydrogen-bond donors (Lipinski definition) is 0. The molecule has 1 aliphatic heterocycles. The van der Waals surface area contributed by atoms with Crippen LogP contribution in [0.1, 0.15) is 29.9 Å². The van der Waals surface area contributed by atoms with Crippen LogP contribution < -0.4 is 0 Å². The third kappa shape index (κ3) is 5.30. The maximum atomic E-state index is 12.7. The zero-order valence-corrected chi connectivity index (χ0v) is 17.3. The van der Waals surface area contributed by atoms with Gasteiger partial charge in [-0.05, 0) is 31.0 Å². The Morgan fingerprint density at radius 2 is 1.97 bits per heavy atom. The lowest BCUT2D eigenvalue weighted by Gasteiger charge is -2.22. The van der Waals surface area contributed by atoms with E-state index in [0.717, 1.165) is 44.7 Å². The molecule has 3 aromatic rings. The Morgan fingerprint density at radius 1 is 1.10 bits per heavy atom. The van der Waals surface area contributed by atoms with Crippen molar-refractivity contribution in [1.29, 1.82) is 0 Å². The molecular weight excluding hydrogens is 378 g/mol. The summed E-state index contributed by atoms with van der Waals surface area (Å²) in [6.45, 7) is 6.50. The summed E-state index contributed by atoms with van der Waals surface area (Å²) in [6.07, 6.45) is 5.22. The first-order chi connectivity index (χ1) is 14.7. The Kier molecular flexibility index (Phi) is 6.49. The third-order valence-electron chi connectivity index (χ3n) is 5.41. The maximum absolute atomic E-state index is 12.7. The Hall–Kier alpha value is -3.06. The predicted molar refractivity (Wildman–Crippen MR) is 114 cm³/mol. The third-order valence-corrected chi connectivity index (χ3v) is 5.41. The maximum Gasteiger partial charge on any atom is 0.227 e. The second kappa shape index (κ2) is 9.63. The van der Waals surface area contributed by atoms with E-state index in [1.807, 2.05) is 17.0 Å². The van der Waals surface area contributed by atoms with Gasteiger partial charge in [-0.15, -0.1) is 0 Å². The average Bonchev–Trinajstić information content (AvgIpc) is 3.13. The lowest BCUT2D eigenvalue weighted by Crippen LogP contribution is -2.35. The molecule has 3 heterocycles. The lowest BCUT2D eigenvalue weighted by molar-refractivity contribution is -0.131. The van der Waals surface area contributed by atoms with Crippen molar-refractivity contribution in [1.82, 2.24) is 24.9 Å². The first-order valence-electron chi connectivity index (χ1n) is 10.5. The second-order valence-corrected chi connectivity index (χ2v) is 7.75. The summed E-state index contributed by atoms with van der Waals surface area (Å²) in [5.41, 5.74) is 3.40. The van der Waals surface area contributed by atoms with Crippen molar-refractivity contribution in [3.05, 3.63) is 65.8 Å². The summed E-state index contributed by atoms with van der Waals surface area (Å²) in [7, 11) is 0. The highest BCUT2D eigenvalue weighted by Crippen LogP contribution is 2.15. The smallest absolute Gasteiger partial charge is 0.227 e. The molecule has 0 saturated carbocycles. The molecule has 0 radical (unpaired) electrons. The molecule has 0 N–H and O–H groups in total. The van der Waals surface area contributed by atoms with Crippen LogP contribution in [-0.4, -0.2) is 57.0 Å². The molecule has 1 fully saturated rings. The van der Waals surface area contributed by atoms with Gasteiger partial charge in [0.15, 0.2) is 0 Å². The van der Waals surface area contributed by atoms with E-state index in [1.165, 1.54) is 11.1 Å². The van der Waals surface area contributed by atoms with Gasteiger partial charge < -0.3 is 9.42 Å². The Labute approximate surface area is 176 Å². The molecule has 0 spiro atoms. The van der Waals surface area contributed by atoms with Gasteiger partial charge >= 0.3 is 0 Å². The number of benzene rings is 1. The fourth-order valence-corrected chi connectivity index (χ4v) is 3.67. The average molecular weight is 406 g/mol. The molecule has 4 rings (SSSR count). The number of rotatable bonds is 6. The van der Waals surface area contributed by atoms with Crippen LogP contribution in [0.25, 0.3) is 11.4 Å². The SMILES string of the molecule is Cc1ccc(CN2CCCN(C(=O)CCc3nc(-c4cccnc4)no3)CC2)cc1. The monoisotopic (exact) mass is 405 g/mol. The minimum Gasteiger partial charge on any atom is -0.341 e. The zero-order chi connectivity index (χ0) is 20.8. The molecule has 0 atom stereocenters. The van der Waals surface area contributed by atoms with Gasteiger partial charge in [0.2, 0.25) is 17.6 Å². The van der Waals surface area contributed by atoms with Crippen LogP contribution >= 0.6 is 0 Å². The number of pyridine rings is 1. The topological polar surface area (TPSA) is 75.4 Å². The summed E-state index contributed by atoms with van der Waals surface area (Å²) in [4.78, 5) is 25.6. The van der Waals surface area contributed by atoms with Crippen molar-refractivity contribution < 1.29 is 9.32 Å². The van der Waals surface area contributed by atoms with E-state index in [4.69, 9.17) is 4.52 Å². The molecule has 1 aliphatic rings. The van der Waals surface area contributed by atoms with Crippen LogP contribution in [0.2, 0.25) is 0 Å². The first kappa shape index (κ1) is 20.2. The molecule has 1 aromatic carbocycles. The summed E-state index contributed by atoms with van der Waals surface area (Å²) < 4.78 is 5.31. The van der Waals surface area contributed by atoms with E-state index in [0.29, 0.717) is 24.6 Å². The minimum absolute atomic E-state index is 0.147. The standard InChI is InChI=1S/C23H27N5O2/c1-18-5-7-19(8-6-18)17-27-12-3-13-28(15-14-27)22(29)10-9-21-25-23(26-30-21)20-4-2-11-24-16-20/h2,4-8,11,16H,3,9-10,12-15,17H2,1H3. The molecular formula is C23H27N5O2. The summed E-state index contributed by atoms with van der Waals surface area (Å²) in [5.74, 6) is 1.14. The molecule has 7 nitrogen and oxygen atoms in total. The van der Waals surface area contributed by atoms with Crippen LogP contribution in [-0.2, 0) is 17.8 Å². The molecule has 156 valence electrons. The lowest BCUT2D eigenvalue weighted by atomic mass is 10.1.